The van der Waals surface area contributed by atoms with Gasteiger partial charge in [0.25, 0.3) is 5.91 Å². The minimum atomic E-state index is -0.445. The molecule has 186 valence electrons. The van der Waals surface area contributed by atoms with Crippen LogP contribution in [0.4, 0.5) is 0 Å². The van der Waals surface area contributed by atoms with Gasteiger partial charge < -0.3 is 14.2 Å². The summed E-state index contributed by atoms with van der Waals surface area (Å²) in [6.07, 6.45) is 1.66. The molecule has 0 aromatic heterocycles. The number of aliphatic imine (C=N–C) groups is 1. The lowest BCUT2D eigenvalue weighted by Gasteiger charge is -2.27. The van der Waals surface area contributed by atoms with Gasteiger partial charge in [-0.1, -0.05) is 60.3 Å². The maximum absolute atomic E-state index is 12.8. The van der Waals surface area contributed by atoms with Crippen LogP contribution < -0.4 is 14.2 Å². The number of thioether (sulfide) groups is 1. The summed E-state index contributed by atoms with van der Waals surface area (Å²) in [5, 5.41) is 11.2. The molecule has 1 amide bonds. The monoisotopic (exact) mass is 511 g/mol. The smallest absolute Gasteiger partial charge is 0.283 e. The molecule has 0 fully saturated rings. The van der Waals surface area contributed by atoms with E-state index in [1.165, 1.54) is 11.8 Å². The van der Waals surface area contributed by atoms with E-state index in [9.17, 15) is 4.79 Å². The highest BCUT2D eigenvalue weighted by molar-refractivity contribution is 8.17. The highest BCUT2D eigenvalue weighted by atomic mass is 32.2. The van der Waals surface area contributed by atoms with Crippen LogP contribution in [0.2, 0.25) is 0 Å². The minimum absolute atomic E-state index is 0.0858. The molecule has 0 unspecified atom stereocenters. The van der Waals surface area contributed by atoms with Crippen molar-refractivity contribution in [3.63, 3.8) is 0 Å². The van der Waals surface area contributed by atoms with E-state index in [1.807, 2.05) is 73.0 Å². The summed E-state index contributed by atoms with van der Waals surface area (Å²) in [4.78, 5) is 18.7. The zero-order valence-electron chi connectivity index (χ0n) is 20.4. The van der Waals surface area contributed by atoms with Gasteiger partial charge in [0, 0.05) is 5.41 Å². The zero-order chi connectivity index (χ0) is 25.8. The molecule has 5 rings (SSSR count). The number of rotatable bonds is 8. The second-order valence-electron chi connectivity index (χ2n) is 8.35. The van der Waals surface area contributed by atoms with Crippen LogP contribution in [-0.2, 0) is 4.79 Å². The molecule has 0 atom stereocenters. The van der Waals surface area contributed by atoms with E-state index in [4.69, 9.17) is 19.6 Å². The van der Waals surface area contributed by atoms with Crippen molar-refractivity contribution >= 4 is 40.4 Å². The van der Waals surface area contributed by atoms with E-state index in [-0.39, 0.29) is 11.4 Å². The molecule has 8 heteroatoms. The third kappa shape index (κ3) is 5.29. The lowest BCUT2D eigenvalue weighted by molar-refractivity contribution is -0.114. The summed E-state index contributed by atoms with van der Waals surface area (Å²) in [6.45, 7) is 2.74. The van der Waals surface area contributed by atoms with Crippen LogP contribution in [0, 0.1) is 12.3 Å². The number of hydrogen-bond acceptors (Lipinski definition) is 6. The van der Waals surface area contributed by atoms with Crippen molar-refractivity contribution in [2.45, 2.75) is 6.92 Å². The predicted octanol–water partition coefficient (Wildman–Crippen LogP) is 5.77. The first kappa shape index (κ1) is 24.4. The van der Waals surface area contributed by atoms with E-state index in [1.54, 1.807) is 30.2 Å². The van der Waals surface area contributed by atoms with Gasteiger partial charge in [0.15, 0.2) is 16.7 Å². The topological polar surface area (TPSA) is 84.2 Å². The Morgan fingerprint density at radius 2 is 1.78 bits per heavy atom. The van der Waals surface area contributed by atoms with Gasteiger partial charge in [-0.2, -0.15) is 4.99 Å². The van der Waals surface area contributed by atoms with Gasteiger partial charge in [-0.25, -0.2) is 0 Å². The van der Waals surface area contributed by atoms with Crippen molar-refractivity contribution < 1.29 is 19.0 Å². The van der Waals surface area contributed by atoms with E-state index >= 15 is 0 Å². The summed E-state index contributed by atoms with van der Waals surface area (Å²) in [5.41, 5.74) is 3.81. The molecule has 2 heterocycles. The average molecular weight is 512 g/mol. The van der Waals surface area contributed by atoms with Crippen LogP contribution in [0.5, 0.6) is 17.2 Å². The second-order valence-corrected chi connectivity index (χ2v) is 9.19. The molecule has 1 N–H and O–H groups in total. The number of amidine groups is 2. The van der Waals surface area contributed by atoms with Gasteiger partial charge in [0.1, 0.15) is 24.8 Å². The van der Waals surface area contributed by atoms with Gasteiger partial charge >= 0.3 is 0 Å². The van der Waals surface area contributed by atoms with E-state index in [2.05, 4.69) is 4.99 Å². The molecule has 2 aliphatic rings. The summed E-state index contributed by atoms with van der Waals surface area (Å²) in [6, 6.07) is 23.0. The molecule has 0 radical (unpaired) electrons. The SMILES string of the molecule is COc1cc(/C=C2/C(=N)N3C(c4ccccc4)=CSC3=NC2=O)ccc1OCCOc1cccc(C)c1. The van der Waals surface area contributed by atoms with Crippen molar-refractivity contribution in [3.8, 4) is 17.2 Å². The van der Waals surface area contributed by atoms with Crippen molar-refractivity contribution in [1.29, 1.82) is 5.41 Å². The van der Waals surface area contributed by atoms with Crippen LogP contribution in [0.25, 0.3) is 11.8 Å². The molecule has 3 aromatic carbocycles. The number of methoxy groups -OCH3 is 1. The normalized spacial score (nSPS) is 15.8. The molecule has 0 aliphatic carbocycles. The molecule has 0 bridgehead atoms. The van der Waals surface area contributed by atoms with Crippen LogP contribution in [0.1, 0.15) is 16.7 Å². The van der Waals surface area contributed by atoms with Crippen molar-refractivity contribution in [1.82, 2.24) is 4.90 Å². The fourth-order valence-electron chi connectivity index (χ4n) is 3.99. The highest BCUT2D eigenvalue weighted by Crippen LogP contribution is 2.37. The van der Waals surface area contributed by atoms with Crippen LogP contribution >= 0.6 is 11.8 Å². The molecule has 0 saturated heterocycles. The van der Waals surface area contributed by atoms with Crippen LogP contribution in [-0.4, -0.2) is 42.1 Å². The largest absolute Gasteiger partial charge is 0.493 e. The summed E-state index contributed by atoms with van der Waals surface area (Å²) >= 11 is 1.34. The number of nitrogens with zero attached hydrogens (tertiary/aromatic N) is 2. The highest BCUT2D eigenvalue weighted by Gasteiger charge is 2.36. The standard InChI is InChI=1S/C29H25N3O4S/c1-19-7-6-10-22(15-19)35-13-14-36-25-12-11-20(17-26(25)34-2)16-23-27(30)32-24(21-8-4-3-5-9-21)18-37-29(32)31-28(23)33/h3-12,15-18,30H,13-14H2,1-2H3/b23-16-,30-27?. The number of hydrogen-bond donors (Lipinski definition) is 1. The fraction of sp³-hybridized carbons (Fsp3) is 0.138. The van der Waals surface area contributed by atoms with Gasteiger partial charge in [0.2, 0.25) is 0 Å². The van der Waals surface area contributed by atoms with E-state index in [0.29, 0.717) is 35.4 Å². The molecular formula is C29H25N3O4S. The van der Waals surface area contributed by atoms with E-state index < -0.39 is 5.91 Å². The average Bonchev–Trinajstić information content (AvgIpc) is 3.34. The first-order valence-electron chi connectivity index (χ1n) is 11.7. The number of ether oxygens (including phenoxy) is 3. The first-order valence-corrected chi connectivity index (χ1v) is 12.6. The van der Waals surface area contributed by atoms with Crippen molar-refractivity contribution in [3.05, 3.63) is 100 Å². The Hall–Kier alpha value is -4.30. The maximum atomic E-state index is 12.8. The molecule has 3 aromatic rings. The molecule has 7 nitrogen and oxygen atoms in total. The van der Waals surface area contributed by atoms with Gasteiger partial charge in [-0.15, -0.1) is 0 Å². The fourth-order valence-corrected chi connectivity index (χ4v) is 4.88. The van der Waals surface area contributed by atoms with E-state index in [0.717, 1.165) is 22.6 Å². The minimum Gasteiger partial charge on any atom is -0.493 e. The number of amides is 1. The Kier molecular flexibility index (Phi) is 7.09. The Morgan fingerprint density at radius 3 is 2.57 bits per heavy atom. The lowest BCUT2D eigenvalue weighted by atomic mass is 10.1. The Morgan fingerprint density at radius 1 is 0.973 bits per heavy atom. The Bertz CT molecular complexity index is 1450. The van der Waals surface area contributed by atoms with Crippen molar-refractivity contribution in [2.24, 2.45) is 4.99 Å². The number of fused-ring (bicyclic) bond motifs is 1. The molecule has 0 spiro atoms. The van der Waals surface area contributed by atoms with Crippen LogP contribution in [0.3, 0.4) is 0 Å². The summed E-state index contributed by atoms with van der Waals surface area (Å²) in [5.74, 6) is 1.52. The third-order valence-electron chi connectivity index (χ3n) is 5.78. The first-order chi connectivity index (χ1) is 18.0. The van der Waals surface area contributed by atoms with Crippen molar-refractivity contribution in [2.75, 3.05) is 20.3 Å². The zero-order valence-corrected chi connectivity index (χ0v) is 21.2. The van der Waals surface area contributed by atoms with Gasteiger partial charge in [-0.05, 0) is 54.0 Å². The number of benzene rings is 3. The molecular weight excluding hydrogens is 486 g/mol. The van der Waals surface area contributed by atoms with Crippen LogP contribution in [0.15, 0.2) is 88.8 Å². The number of aryl methyl sites for hydroxylation is 1. The Labute approximate surface area is 219 Å². The number of carbonyl (C=O) groups excluding carboxylic acids is 1. The summed E-state index contributed by atoms with van der Waals surface area (Å²) in [7, 11) is 1.56. The predicted molar refractivity (Wildman–Crippen MR) is 147 cm³/mol. The summed E-state index contributed by atoms with van der Waals surface area (Å²) < 4.78 is 17.1. The van der Waals surface area contributed by atoms with Gasteiger partial charge in [0.05, 0.1) is 18.4 Å². The molecule has 0 saturated carbocycles. The third-order valence-corrected chi connectivity index (χ3v) is 6.61. The Balaban J connectivity index is 1.30. The quantitative estimate of drug-likeness (QED) is 0.306. The van der Waals surface area contributed by atoms with Gasteiger partial charge in [-0.3, -0.25) is 15.1 Å². The lowest BCUT2D eigenvalue weighted by Crippen LogP contribution is -2.38. The number of carbonyl (C=O) groups is 1. The molecule has 37 heavy (non-hydrogen) atoms. The number of nitrogens with one attached hydrogen (secondary N) is 1. The molecule has 2 aliphatic heterocycles. The maximum Gasteiger partial charge on any atom is 0.283 e. The second kappa shape index (κ2) is 10.8.